The first-order valence-electron chi connectivity index (χ1n) is 6.16. The predicted octanol–water partition coefficient (Wildman–Crippen LogP) is 3.64. The zero-order chi connectivity index (χ0) is 12.8. The molecule has 0 saturated heterocycles. The van der Waals surface area contributed by atoms with E-state index in [-0.39, 0.29) is 18.0 Å². The van der Waals surface area contributed by atoms with Crippen molar-refractivity contribution in [3.63, 3.8) is 0 Å². The summed E-state index contributed by atoms with van der Waals surface area (Å²) in [6.07, 6.45) is 2.43. The molecule has 0 unspecified atom stereocenters. The monoisotopic (exact) mass is 232 g/mol. The Balaban J connectivity index is 2.67. The van der Waals surface area contributed by atoms with Crippen molar-refractivity contribution in [1.82, 2.24) is 0 Å². The zero-order valence-corrected chi connectivity index (χ0v) is 10.9. The SMILES string of the molecule is CCCCC(=O)CC(=O)c1ccc(C)cc1C. The molecule has 2 heteroatoms. The quantitative estimate of drug-likeness (QED) is 0.554. The van der Waals surface area contributed by atoms with Gasteiger partial charge in [0.25, 0.3) is 0 Å². The Morgan fingerprint density at radius 1 is 1.18 bits per heavy atom. The first kappa shape index (κ1) is 13.6. The summed E-state index contributed by atoms with van der Waals surface area (Å²) in [5.41, 5.74) is 2.77. The van der Waals surface area contributed by atoms with Crippen molar-refractivity contribution in [2.45, 2.75) is 46.5 Å². The molecule has 1 rings (SSSR count). The molecule has 0 fully saturated rings. The number of benzene rings is 1. The summed E-state index contributed by atoms with van der Waals surface area (Å²) in [7, 11) is 0. The summed E-state index contributed by atoms with van der Waals surface area (Å²) < 4.78 is 0. The minimum atomic E-state index is -0.0522. The number of rotatable bonds is 6. The maximum atomic E-state index is 11.9. The molecule has 0 bridgehead atoms. The third-order valence-electron chi connectivity index (χ3n) is 2.85. The number of Topliss-reactive ketones (excluding diaryl/α,β-unsaturated/α-hetero) is 2. The third kappa shape index (κ3) is 4.14. The number of hydrogen-bond acceptors (Lipinski definition) is 2. The highest BCUT2D eigenvalue weighted by molar-refractivity contribution is 6.08. The van der Waals surface area contributed by atoms with Gasteiger partial charge in [-0.3, -0.25) is 9.59 Å². The Labute approximate surface area is 103 Å². The van der Waals surface area contributed by atoms with Gasteiger partial charge in [0.1, 0.15) is 5.78 Å². The molecule has 0 aliphatic heterocycles. The van der Waals surface area contributed by atoms with Crippen LogP contribution in [0.4, 0.5) is 0 Å². The Bertz CT molecular complexity index is 419. The molecular weight excluding hydrogens is 212 g/mol. The fraction of sp³-hybridized carbons (Fsp3) is 0.467. The lowest BCUT2D eigenvalue weighted by molar-refractivity contribution is -0.118. The Kier molecular flexibility index (Phi) is 5.08. The molecule has 0 saturated carbocycles. The molecule has 17 heavy (non-hydrogen) atoms. The molecule has 0 N–H and O–H groups in total. The summed E-state index contributed by atoms with van der Waals surface area (Å²) in [5.74, 6) is 0.000396. The first-order chi connectivity index (χ1) is 8.04. The summed E-state index contributed by atoms with van der Waals surface area (Å²) in [5, 5.41) is 0. The van der Waals surface area contributed by atoms with Crippen LogP contribution in [-0.4, -0.2) is 11.6 Å². The number of hydrogen-bond donors (Lipinski definition) is 0. The molecule has 0 spiro atoms. The molecule has 0 aromatic heterocycles. The maximum absolute atomic E-state index is 11.9. The van der Waals surface area contributed by atoms with E-state index >= 15 is 0 Å². The van der Waals surface area contributed by atoms with Crippen LogP contribution in [-0.2, 0) is 4.79 Å². The maximum Gasteiger partial charge on any atom is 0.170 e. The Hall–Kier alpha value is -1.44. The van der Waals surface area contributed by atoms with Crippen LogP contribution < -0.4 is 0 Å². The highest BCUT2D eigenvalue weighted by Crippen LogP contribution is 2.13. The lowest BCUT2D eigenvalue weighted by atomic mass is 9.98. The van der Waals surface area contributed by atoms with E-state index in [0.29, 0.717) is 12.0 Å². The van der Waals surface area contributed by atoms with Gasteiger partial charge in [-0.15, -0.1) is 0 Å². The topological polar surface area (TPSA) is 34.1 Å². The highest BCUT2D eigenvalue weighted by atomic mass is 16.1. The standard InChI is InChI=1S/C15H20O2/c1-4-5-6-13(16)10-15(17)14-8-7-11(2)9-12(14)3/h7-9H,4-6,10H2,1-3H3. The molecule has 1 aromatic rings. The molecule has 0 aliphatic rings. The van der Waals surface area contributed by atoms with Gasteiger partial charge in [-0.2, -0.15) is 0 Å². The van der Waals surface area contributed by atoms with E-state index in [1.54, 1.807) is 0 Å². The van der Waals surface area contributed by atoms with Gasteiger partial charge in [0.15, 0.2) is 5.78 Å². The molecule has 0 aliphatic carbocycles. The number of aryl methyl sites for hydroxylation is 2. The van der Waals surface area contributed by atoms with Gasteiger partial charge in [0.2, 0.25) is 0 Å². The van der Waals surface area contributed by atoms with Gasteiger partial charge < -0.3 is 0 Å². The second-order valence-electron chi connectivity index (χ2n) is 4.56. The van der Waals surface area contributed by atoms with Crippen LogP contribution in [0.5, 0.6) is 0 Å². The normalized spacial score (nSPS) is 10.3. The average Bonchev–Trinajstić information content (AvgIpc) is 2.26. The van der Waals surface area contributed by atoms with Crippen LogP contribution in [0.15, 0.2) is 18.2 Å². The van der Waals surface area contributed by atoms with Gasteiger partial charge in [0, 0.05) is 12.0 Å². The van der Waals surface area contributed by atoms with Crippen LogP contribution in [0.2, 0.25) is 0 Å². The number of carbonyl (C=O) groups is 2. The van der Waals surface area contributed by atoms with Crippen molar-refractivity contribution < 1.29 is 9.59 Å². The number of unbranched alkanes of at least 4 members (excludes halogenated alkanes) is 1. The predicted molar refractivity (Wildman–Crippen MR) is 69.4 cm³/mol. The van der Waals surface area contributed by atoms with Gasteiger partial charge in [-0.05, 0) is 25.8 Å². The van der Waals surface area contributed by atoms with E-state index in [9.17, 15) is 9.59 Å². The van der Waals surface area contributed by atoms with E-state index in [0.717, 1.165) is 24.0 Å². The third-order valence-corrected chi connectivity index (χ3v) is 2.85. The Morgan fingerprint density at radius 3 is 2.47 bits per heavy atom. The lowest BCUT2D eigenvalue weighted by Gasteiger charge is -2.05. The minimum absolute atomic E-state index is 0.0455. The van der Waals surface area contributed by atoms with Gasteiger partial charge in [0.05, 0.1) is 6.42 Å². The van der Waals surface area contributed by atoms with Crippen molar-refractivity contribution in [3.8, 4) is 0 Å². The van der Waals surface area contributed by atoms with Gasteiger partial charge in [-0.25, -0.2) is 0 Å². The van der Waals surface area contributed by atoms with Crippen LogP contribution in [0, 0.1) is 13.8 Å². The summed E-state index contributed by atoms with van der Waals surface area (Å²) in [4.78, 5) is 23.5. The smallest absolute Gasteiger partial charge is 0.170 e. The fourth-order valence-corrected chi connectivity index (χ4v) is 1.86. The molecule has 0 atom stereocenters. The van der Waals surface area contributed by atoms with Gasteiger partial charge in [-0.1, -0.05) is 37.1 Å². The van der Waals surface area contributed by atoms with E-state index in [1.165, 1.54) is 0 Å². The van der Waals surface area contributed by atoms with E-state index in [2.05, 4.69) is 0 Å². The summed E-state index contributed by atoms with van der Waals surface area (Å²) >= 11 is 0. The second-order valence-corrected chi connectivity index (χ2v) is 4.56. The van der Waals surface area contributed by atoms with Gasteiger partial charge >= 0.3 is 0 Å². The van der Waals surface area contributed by atoms with E-state index in [1.807, 2.05) is 39.0 Å². The van der Waals surface area contributed by atoms with Crippen LogP contribution in [0.3, 0.4) is 0 Å². The molecule has 0 amide bonds. The summed E-state index contributed by atoms with van der Waals surface area (Å²) in [6, 6.07) is 5.71. The van der Waals surface area contributed by atoms with Crippen molar-refractivity contribution in [3.05, 3.63) is 34.9 Å². The fourth-order valence-electron chi connectivity index (χ4n) is 1.86. The number of ketones is 2. The average molecular weight is 232 g/mol. The van der Waals surface area contributed by atoms with Crippen molar-refractivity contribution in [2.75, 3.05) is 0 Å². The second kappa shape index (κ2) is 6.33. The molecule has 92 valence electrons. The largest absolute Gasteiger partial charge is 0.299 e. The van der Waals surface area contributed by atoms with E-state index < -0.39 is 0 Å². The van der Waals surface area contributed by atoms with Crippen LogP contribution in [0.25, 0.3) is 0 Å². The Morgan fingerprint density at radius 2 is 1.88 bits per heavy atom. The summed E-state index contributed by atoms with van der Waals surface area (Å²) in [6.45, 7) is 5.95. The van der Waals surface area contributed by atoms with E-state index in [4.69, 9.17) is 0 Å². The molecule has 1 aromatic carbocycles. The van der Waals surface area contributed by atoms with Crippen LogP contribution >= 0.6 is 0 Å². The van der Waals surface area contributed by atoms with Crippen molar-refractivity contribution >= 4 is 11.6 Å². The van der Waals surface area contributed by atoms with Crippen LogP contribution in [0.1, 0.15) is 54.1 Å². The lowest BCUT2D eigenvalue weighted by Crippen LogP contribution is -2.09. The first-order valence-corrected chi connectivity index (χ1v) is 6.16. The molecule has 2 nitrogen and oxygen atoms in total. The zero-order valence-electron chi connectivity index (χ0n) is 10.9. The highest BCUT2D eigenvalue weighted by Gasteiger charge is 2.13. The molecule has 0 heterocycles. The molecular formula is C15H20O2. The minimum Gasteiger partial charge on any atom is -0.299 e. The number of carbonyl (C=O) groups excluding carboxylic acids is 2. The van der Waals surface area contributed by atoms with Crippen molar-refractivity contribution in [1.29, 1.82) is 0 Å². The molecule has 0 radical (unpaired) electrons. The van der Waals surface area contributed by atoms with Crippen molar-refractivity contribution in [2.24, 2.45) is 0 Å².